The number of nitrogens with one attached hydrogen (secondary N) is 1. The molecular formula is C13H14N2O. The van der Waals surface area contributed by atoms with Crippen LogP contribution < -0.4 is 5.56 Å². The fourth-order valence-electron chi connectivity index (χ4n) is 1.89. The molecule has 1 aliphatic carbocycles. The summed E-state index contributed by atoms with van der Waals surface area (Å²) in [7, 11) is 0. The molecule has 3 rings (SSSR count). The van der Waals surface area contributed by atoms with Crippen LogP contribution in [-0.4, -0.2) is 9.78 Å². The highest BCUT2D eigenvalue weighted by Crippen LogP contribution is 2.30. The van der Waals surface area contributed by atoms with Gasteiger partial charge in [0.2, 0.25) is 0 Å². The van der Waals surface area contributed by atoms with E-state index in [1.54, 1.807) is 10.7 Å². The number of hydrogen-bond acceptors (Lipinski definition) is 1. The molecule has 0 aliphatic heterocycles. The molecule has 0 bridgehead atoms. The van der Waals surface area contributed by atoms with Gasteiger partial charge < -0.3 is 0 Å². The van der Waals surface area contributed by atoms with Crippen molar-refractivity contribution in [3.63, 3.8) is 0 Å². The Balaban J connectivity index is 1.94. The minimum atomic E-state index is 0.0748. The highest BCUT2D eigenvalue weighted by atomic mass is 16.1. The maximum absolute atomic E-state index is 11.7. The minimum Gasteiger partial charge on any atom is -0.295 e. The van der Waals surface area contributed by atoms with Crippen molar-refractivity contribution in [2.24, 2.45) is 5.92 Å². The molecule has 1 aliphatic rings. The zero-order valence-electron chi connectivity index (χ0n) is 9.02. The fourth-order valence-corrected chi connectivity index (χ4v) is 1.89. The summed E-state index contributed by atoms with van der Waals surface area (Å²) >= 11 is 0. The van der Waals surface area contributed by atoms with Crippen LogP contribution in [0.3, 0.4) is 0 Å². The normalized spacial score (nSPS) is 15.2. The first kappa shape index (κ1) is 9.46. The second kappa shape index (κ2) is 3.67. The highest BCUT2D eigenvalue weighted by molar-refractivity contribution is 5.57. The highest BCUT2D eigenvalue weighted by Gasteiger charge is 2.22. The summed E-state index contributed by atoms with van der Waals surface area (Å²) < 4.78 is 1.72. The summed E-state index contributed by atoms with van der Waals surface area (Å²) in [5.41, 5.74) is 2.05. The average Bonchev–Trinajstić information content (AvgIpc) is 3.05. The van der Waals surface area contributed by atoms with Gasteiger partial charge in [-0.15, -0.1) is 0 Å². The largest absolute Gasteiger partial charge is 0.295 e. The van der Waals surface area contributed by atoms with Crippen LogP contribution in [0, 0.1) is 5.92 Å². The topological polar surface area (TPSA) is 37.8 Å². The lowest BCUT2D eigenvalue weighted by Gasteiger charge is -2.00. The van der Waals surface area contributed by atoms with Crippen LogP contribution in [-0.2, 0) is 6.54 Å². The Morgan fingerprint density at radius 1 is 1.25 bits per heavy atom. The third kappa shape index (κ3) is 1.81. The minimum absolute atomic E-state index is 0.0748. The van der Waals surface area contributed by atoms with Gasteiger partial charge in [-0.2, -0.15) is 0 Å². The zero-order chi connectivity index (χ0) is 11.0. The quantitative estimate of drug-likeness (QED) is 0.836. The predicted octanol–water partition coefficient (Wildman–Crippen LogP) is 2.25. The van der Waals surface area contributed by atoms with E-state index >= 15 is 0 Å². The molecule has 3 nitrogen and oxygen atoms in total. The van der Waals surface area contributed by atoms with Crippen LogP contribution in [0.25, 0.3) is 11.3 Å². The SMILES string of the molecule is O=c1cc(-c2ccccc2)[nH]n1CC1CC1. The molecule has 1 N–H and O–H groups in total. The summed E-state index contributed by atoms with van der Waals surface area (Å²) in [6.07, 6.45) is 2.51. The van der Waals surface area contributed by atoms with Gasteiger partial charge in [0.25, 0.3) is 5.56 Å². The monoisotopic (exact) mass is 214 g/mol. The lowest BCUT2D eigenvalue weighted by molar-refractivity contribution is 0.549. The van der Waals surface area contributed by atoms with Gasteiger partial charge in [-0.05, 0) is 24.3 Å². The summed E-state index contributed by atoms with van der Waals surface area (Å²) in [6.45, 7) is 0.839. The van der Waals surface area contributed by atoms with Gasteiger partial charge >= 0.3 is 0 Å². The second-order valence-corrected chi connectivity index (χ2v) is 4.43. The van der Waals surface area contributed by atoms with Crippen LogP contribution in [0.2, 0.25) is 0 Å². The van der Waals surface area contributed by atoms with Crippen molar-refractivity contribution in [3.8, 4) is 11.3 Å². The van der Waals surface area contributed by atoms with E-state index in [1.807, 2.05) is 30.3 Å². The molecule has 1 aromatic carbocycles. The molecule has 2 aromatic rings. The van der Waals surface area contributed by atoms with E-state index in [0.717, 1.165) is 17.8 Å². The third-order valence-corrected chi connectivity index (χ3v) is 3.01. The Morgan fingerprint density at radius 3 is 2.69 bits per heavy atom. The molecule has 16 heavy (non-hydrogen) atoms. The third-order valence-electron chi connectivity index (χ3n) is 3.01. The van der Waals surface area contributed by atoms with Crippen LogP contribution in [0.1, 0.15) is 12.8 Å². The van der Waals surface area contributed by atoms with Gasteiger partial charge in [-0.3, -0.25) is 14.6 Å². The maximum atomic E-state index is 11.7. The van der Waals surface area contributed by atoms with E-state index < -0.39 is 0 Å². The summed E-state index contributed by atoms with van der Waals surface area (Å²) in [6, 6.07) is 11.6. The molecule has 1 fully saturated rings. The standard InChI is InChI=1S/C13H14N2O/c16-13-8-12(11-4-2-1-3-5-11)14-15(13)9-10-6-7-10/h1-5,8,10,14H,6-7,9H2. The summed E-state index contributed by atoms with van der Waals surface area (Å²) in [5, 5.41) is 3.17. The smallest absolute Gasteiger partial charge is 0.267 e. The molecule has 1 saturated carbocycles. The molecule has 1 heterocycles. The molecular weight excluding hydrogens is 200 g/mol. The molecule has 3 heteroatoms. The molecule has 0 radical (unpaired) electrons. The number of hydrogen-bond donors (Lipinski definition) is 1. The van der Waals surface area contributed by atoms with E-state index in [0.29, 0.717) is 5.92 Å². The molecule has 1 aromatic heterocycles. The number of aromatic nitrogens is 2. The number of nitrogens with zero attached hydrogens (tertiary/aromatic N) is 1. The molecule has 0 atom stereocenters. The Hall–Kier alpha value is -1.77. The lowest BCUT2D eigenvalue weighted by Crippen LogP contribution is -2.16. The van der Waals surface area contributed by atoms with Gasteiger partial charge in [-0.25, -0.2) is 0 Å². The zero-order valence-corrected chi connectivity index (χ0v) is 9.02. The Kier molecular flexibility index (Phi) is 2.17. The van der Waals surface area contributed by atoms with Crippen molar-refractivity contribution < 1.29 is 0 Å². The van der Waals surface area contributed by atoms with Crippen LogP contribution >= 0.6 is 0 Å². The maximum Gasteiger partial charge on any atom is 0.267 e. The van der Waals surface area contributed by atoms with Crippen molar-refractivity contribution >= 4 is 0 Å². The van der Waals surface area contributed by atoms with Gasteiger partial charge in [0.1, 0.15) is 0 Å². The van der Waals surface area contributed by atoms with Crippen molar-refractivity contribution in [2.45, 2.75) is 19.4 Å². The van der Waals surface area contributed by atoms with Gasteiger partial charge in [-0.1, -0.05) is 30.3 Å². The predicted molar refractivity (Wildman–Crippen MR) is 63.2 cm³/mol. The molecule has 82 valence electrons. The number of H-pyrrole nitrogens is 1. The van der Waals surface area contributed by atoms with Crippen LogP contribution in [0.15, 0.2) is 41.2 Å². The summed E-state index contributed by atoms with van der Waals surface area (Å²) in [4.78, 5) is 11.7. The van der Waals surface area contributed by atoms with Crippen LogP contribution in [0.4, 0.5) is 0 Å². The van der Waals surface area contributed by atoms with E-state index in [1.165, 1.54) is 12.8 Å². The number of aromatic amines is 1. The first-order chi connectivity index (χ1) is 7.83. The molecule has 0 saturated heterocycles. The Labute approximate surface area is 93.7 Å². The first-order valence-corrected chi connectivity index (χ1v) is 5.68. The summed E-state index contributed by atoms with van der Waals surface area (Å²) in [5.74, 6) is 0.708. The lowest BCUT2D eigenvalue weighted by atomic mass is 10.2. The van der Waals surface area contributed by atoms with E-state index in [9.17, 15) is 4.79 Å². The molecule has 0 unspecified atom stereocenters. The molecule has 0 amide bonds. The molecule has 0 spiro atoms. The van der Waals surface area contributed by atoms with Crippen LogP contribution in [0.5, 0.6) is 0 Å². The average molecular weight is 214 g/mol. The Morgan fingerprint density at radius 2 is 2.00 bits per heavy atom. The number of rotatable bonds is 3. The fraction of sp³-hybridized carbons (Fsp3) is 0.308. The first-order valence-electron chi connectivity index (χ1n) is 5.68. The number of benzene rings is 1. The van der Waals surface area contributed by atoms with E-state index in [2.05, 4.69) is 5.10 Å². The van der Waals surface area contributed by atoms with Crippen molar-refractivity contribution in [1.29, 1.82) is 0 Å². The van der Waals surface area contributed by atoms with E-state index in [4.69, 9.17) is 0 Å². The van der Waals surface area contributed by atoms with Gasteiger partial charge in [0.05, 0.1) is 5.69 Å². The van der Waals surface area contributed by atoms with Gasteiger partial charge in [0, 0.05) is 12.6 Å². The van der Waals surface area contributed by atoms with Crippen molar-refractivity contribution in [1.82, 2.24) is 9.78 Å². The van der Waals surface area contributed by atoms with Gasteiger partial charge in [0.15, 0.2) is 0 Å². The van der Waals surface area contributed by atoms with Crippen molar-refractivity contribution in [2.75, 3.05) is 0 Å². The second-order valence-electron chi connectivity index (χ2n) is 4.43. The van der Waals surface area contributed by atoms with E-state index in [-0.39, 0.29) is 5.56 Å². The Bertz CT molecular complexity index is 535. The van der Waals surface area contributed by atoms with Crippen molar-refractivity contribution in [3.05, 3.63) is 46.8 Å².